The molecule has 0 saturated carbocycles. The second kappa shape index (κ2) is 6.87. The highest BCUT2D eigenvalue weighted by molar-refractivity contribution is 7.89. The maximum atomic E-state index is 13.1. The summed E-state index contributed by atoms with van der Waals surface area (Å²) in [5.41, 5.74) is 0.281. The molecule has 27 heavy (non-hydrogen) atoms. The van der Waals surface area contributed by atoms with Crippen molar-refractivity contribution in [2.75, 3.05) is 26.3 Å². The summed E-state index contributed by atoms with van der Waals surface area (Å²) in [6.07, 6.45) is 1.48. The molecule has 1 fully saturated rings. The number of aromatic nitrogens is 3. The number of sulfonamides is 1. The van der Waals surface area contributed by atoms with Gasteiger partial charge in [0, 0.05) is 19.3 Å². The minimum Gasteiger partial charge on any atom is -0.379 e. The quantitative estimate of drug-likeness (QED) is 0.653. The first-order chi connectivity index (χ1) is 13.0. The van der Waals surface area contributed by atoms with Gasteiger partial charge in [0.2, 0.25) is 10.0 Å². The Hall–Kier alpha value is -2.56. The fraction of sp³-hybridized carbons (Fsp3) is 0.294. The topological polar surface area (TPSA) is 85.9 Å². The van der Waals surface area contributed by atoms with Gasteiger partial charge in [-0.2, -0.15) is 4.31 Å². The summed E-state index contributed by atoms with van der Waals surface area (Å²) in [7, 11) is -3.80. The molecule has 1 saturated heterocycles. The fourth-order valence-corrected chi connectivity index (χ4v) is 4.54. The van der Waals surface area contributed by atoms with Crippen molar-refractivity contribution < 1.29 is 17.5 Å². The Kier molecular flexibility index (Phi) is 4.54. The maximum absolute atomic E-state index is 13.1. The summed E-state index contributed by atoms with van der Waals surface area (Å²) in [6, 6.07) is 8.64. The molecule has 142 valence electrons. The monoisotopic (exact) mass is 392 g/mol. The largest absolute Gasteiger partial charge is 0.379 e. The van der Waals surface area contributed by atoms with Crippen LogP contribution in [0.15, 0.2) is 52.3 Å². The first-order valence-corrected chi connectivity index (χ1v) is 9.81. The van der Waals surface area contributed by atoms with Gasteiger partial charge < -0.3 is 4.74 Å². The molecule has 0 spiro atoms. The van der Waals surface area contributed by atoms with Crippen LogP contribution < -0.4 is 5.69 Å². The molecule has 3 heterocycles. The highest BCUT2D eigenvalue weighted by Crippen LogP contribution is 2.20. The lowest BCUT2D eigenvalue weighted by atomic mass is 10.2. The van der Waals surface area contributed by atoms with Crippen LogP contribution in [0.25, 0.3) is 5.65 Å². The predicted molar refractivity (Wildman–Crippen MR) is 94.5 cm³/mol. The van der Waals surface area contributed by atoms with Gasteiger partial charge in [-0.25, -0.2) is 26.7 Å². The van der Waals surface area contributed by atoms with Gasteiger partial charge in [0.15, 0.2) is 5.65 Å². The average Bonchev–Trinajstić information content (AvgIpc) is 3.00. The number of hydrogen-bond acceptors (Lipinski definition) is 5. The minimum absolute atomic E-state index is 0.0261. The fourth-order valence-electron chi connectivity index (χ4n) is 3.01. The number of morpholine rings is 1. The third-order valence-electron chi connectivity index (χ3n) is 4.41. The highest BCUT2D eigenvalue weighted by Gasteiger charge is 2.29. The first-order valence-electron chi connectivity index (χ1n) is 8.37. The van der Waals surface area contributed by atoms with Crippen LogP contribution in [0.4, 0.5) is 4.39 Å². The summed E-state index contributed by atoms with van der Waals surface area (Å²) < 4.78 is 47.9. The van der Waals surface area contributed by atoms with E-state index in [1.807, 2.05) is 0 Å². The van der Waals surface area contributed by atoms with Crippen LogP contribution in [0.2, 0.25) is 0 Å². The molecule has 1 aliphatic rings. The number of benzene rings is 1. The Bertz CT molecular complexity index is 1130. The minimum atomic E-state index is -3.80. The highest BCUT2D eigenvalue weighted by atomic mass is 32.2. The number of hydrogen-bond donors (Lipinski definition) is 0. The number of halogens is 1. The lowest BCUT2D eigenvalue weighted by Crippen LogP contribution is -2.40. The molecule has 0 unspecified atom stereocenters. The molecular formula is C17H17FN4O4S. The number of ether oxygens (including phenoxy) is 1. The van der Waals surface area contributed by atoms with E-state index in [0.717, 1.165) is 0 Å². The van der Waals surface area contributed by atoms with E-state index in [1.54, 1.807) is 12.1 Å². The van der Waals surface area contributed by atoms with E-state index in [1.165, 1.54) is 43.9 Å². The normalized spacial score (nSPS) is 16.0. The molecule has 1 aromatic carbocycles. The van der Waals surface area contributed by atoms with Crippen LogP contribution in [-0.4, -0.2) is 53.2 Å². The second-order valence-corrected chi connectivity index (χ2v) is 8.06. The van der Waals surface area contributed by atoms with Crippen molar-refractivity contribution in [3.8, 4) is 0 Å². The van der Waals surface area contributed by atoms with E-state index in [0.29, 0.717) is 18.8 Å². The van der Waals surface area contributed by atoms with E-state index in [2.05, 4.69) is 5.10 Å². The van der Waals surface area contributed by atoms with Gasteiger partial charge in [0.25, 0.3) is 0 Å². The molecule has 0 atom stereocenters. The van der Waals surface area contributed by atoms with Crippen molar-refractivity contribution in [2.24, 2.45) is 0 Å². The summed E-state index contributed by atoms with van der Waals surface area (Å²) >= 11 is 0. The van der Waals surface area contributed by atoms with Crippen molar-refractivity contribution in [3.05, 3.63) is 64.5 Å². The number of rotatable bonds is 4. The summed E-state index contributed by atoms with van der Waals surface area (Å²) in [4.78, 5) is 12.6. The lowest BCUT2D eigenvalue weighted by Gasteiger charge is -2.25. The predicted octanol–water partition coefficient (Wildman–Crippen LogP) is 0.704. The Morgan fingerprint density at radius 3 is 2.52 bits per heavy atom. The molecule has 0 amide bonds. The van der Waals surface area contributed by atoms with Crippen LogP contribution in [0.5, 0.6) is 0 Å². The molecule has 0 aliphatic carbocycles. The summed E-state index contributed by atoms with van der Waals surface area (Å²) in [5, 5.41) is 4.23. The Morgan fingerprint density at radius 2 is 1.81 bits per heavy atom. The van der Waals surface area contributed by atoms with Crippen LogP contribution in [-0.2, 0) is 21.3 Å². The van der Waals surface area contributed by atoms with Gasteiger partial charge >= 0.3 is 5.69 Å². The summed E-state index contributed by atoms with van der Waals surface area (Å²) in [6.45, 7) is 1.27. The van der Waals surface area contributed by atoms with Gasteiger partial charge in [-0.05, 0) is 29.8 Å². The molecule has 3 aromatic rings. The van der Waals surface area contributed by atoms with Crippen LogP contribution in [0.3, 0.4) is 0 Å². The third kappa shape index (κ3) is 3.27. The van der Waals surface area contributed by atoms with Gasteiger partial charge in [-0.1, -0.05) is 12.1 Å². The molecule has 10 heteroatoms. The van der Waals surface area contributed by atoms with Crippen molar-refractivity contribution in [1.29, 1.82) is 0 Å². The van der Waals surface area contributed by atoms with Gasteiger partial charge in [-0.3, -0.25) is 0 Å². The number of nitrogens with zero attached hydrogens (tertiary/aromatic N) is 4. The van der Waals surface area contributed by atoms with Gasteiger partial charge in [0.05, 0.1) is 19.8 Å². The first kappa shape index (κ1) is 17.8. The molecule has 2 aromatic heterocycles. The molecular weight excluding hydrogens is 375 g/mol. The van der Waals surface area contributed by atoms with Crippen LogP contribution >= 0.6 is 0 Å². The van der Waals surface area contributed by atoms with Crippen molar-refractivity contribution in [2.45, 2.75) is 11.4 Å². The standard InChI is InChI=1S/C17H17FN4O4S/c18-14-5-3-13(4-6-14)12-22-17(23)21-7-1-2-15(16(21)19-22)27(24,25)20-8-10-26-11-9-20/h1-7H,8-12H2. The summed E-state index contributed by atoms with van der Waals surface area (Å²) in [5.74, 6) is -0.375. The van der Waals surface area contributed by atoms with Crippen LogP contribution in [0.1, 0.15) is 5.56 Å². The maximum Gasteiger partial charge on any atom is 0.350 e. The molecule has 4 rings (SSSR count). The van der Waals surface area contributed by atoms with E-state index in [9.17, 15) is 17.6 Å². The molecule has 1 aliphatic heterocycles. The van der Waals surface area contributed by atoms with Crippen molar-refractivity contribution >= 4 is 15.7 Å². The van der Waals surface area contributed by atoms with E-state index >= 15 is 0 Å². The molecule has 0 radical (unpaired) electrons. The van der Waals surface area contributed by atoms with Gasteiger partial charge in [-0.15, -0.1) is 5.10 Å². The lowest BCUT2D eigenvalue weighted by molar-refractivity contribution is 0.0730. The molecule has 0 N–H and O–H groups in total. The van der Waals surface area contributed by atoms with E-state index in [4.69, 9.17) is 4.74 Å². The SMILES string of the molecule is O=c1n(Cc2ccc(F)cc2)nc2c(S(=O)(=O)N3CCOCC3)cccn12. The van der Waals surface area contributed by atoms with E-state index in [-0.39, 0.29) is 36.0 Å². The zero-order valence-corrected chi connectivity index (χ0v) is 15.1. The Morgan fingerprint density at radius 1 is 1.11 bits per heavy atom. The Balaban J connectivity index is 1.77. The number of pyridine rings is 1. The van der Waals surface area contributed by atoms with E-state index < -0.39 is 15.7 Å². The average molecular weight is 392 g/mol. The molecule has 8 nitrogen and oxygen atoms in total. The third-order valence-corrected chi connectivity index (χ3v) is 6.33. The molecule has 0 bridgehead atoms. The van der Waals surface area contributed by atoms with Crippen molar-refractivity contribution in [3.63, 3.8) is 0 Å². The Labute approximate surface area is 154 Å². The zero-order valence-electron chi connectivity index (χ0n) is 14.3. The smallest absolute Gasteiger partial charge is 0.350 e. The van der Waals surface area contributed by atoms with Crippen molar-refractivity contribution in [1.82, 2.24) is 18.5 Å². The van der Waals surface area contributed by atoms with Gasteiger partial charge in [0.1, 0.15) is 10.7 Å². The van der Waals surface area contributed by atoms with Crippen LogP contribution in [0, 0.1) is 5.82 Å². The number of fused-ring (bicyclic) bond motifs is 1. The zero-order chi connectivity index (χ0) is 19.0. The second-order valence-electron chi connectivity index (χ2n) is 6.15.